The van der Waals surface area contributed by atoms with Gasteiger partial charge in [0.2, 0.25) is 5.11 Å². The number of nitrogens with one attached hydrogen (secondary N) is 2. The molecule has 0 spiro atoms. The molecule has 0 aliphatic carbocycles. The van der Waals surface area contributed by atoms with Crippen molar-refractivity contribution in [3.63, 3.8) is 0 Å². The summed E-state index contributed by atoms with van der Waals surface area (Å²) in [5, 5.41) is 3.22. The van der Waals surface area contributed by atoms with Crippen LogP contribution >= 0.6 is 12.2 Å². The molecule has 0 aliphatic rings. The van der Waals surface area contributed by atoms with Gasteiger partial charge in [0.05, 0.1) is 6.21 Å². The van der Waals surface area contributed by atoms with Crippen molar-refractivity contribution in [1.29, 1.82) is 0 Å². The maximum Gasteiger partial charge on any atom is 0.543 e. The van der Waals surface area contributed by atoms with Gasteiger partial charge in [0.1, 0.15) is 0 Å². The maximum absolute atomic E-state index is 11.6. The molecule has 1 aromatic rings. The zero-order valence-electron chi connectivity index (χ0n) is 8.36. The van der Waals surface area contributed by atoms with Gasteiger partial charge in [-0.25, -0.2) is 5.48 Å². The summed E-state index contributed by atoms with van der Waals surface area (Å²) >= 11 is 4.48. The lowest BCUT2D eigenvalue weighted by atomic mass is 10.2. The van der Waals surface area contributed by atoms with Crippen molar-refractivity contribution in [2.45, 2.75) is 6.36 Å². The molecule has 0 heterocycles. The van der Waals surface area contributed by atoms with Crippen LogP contribution in [0.2, 0.25) is 0 Å². The molecule has 0 saturated carbocycles. The molecule has 0 atom stereocenters. The van der Waals surface area contributed by atoms with Crippen LogP contribution in [0.3, 0.4) is 0 Å². The van der Waals surface area contributed by atoms with Gasteiger partial charge in [-0.15, -0.1) is 13.2 Å². The molecule has 0 aliphatic heterocycles. The lowest BCUT2D eigenvalue weighted by Gasteiger charge is -2.08. The first-order chi connectivity index (χ1) is 7.97. The van der Waals surface area contributed by atoms with Crippen LogP contribution in [0.5, 0.6) is 0 Å². The van der Waals surface area contributed by atoms with Gasteiger partial charge in [-0.1, -0.05) is 30.3 Å². The second-order valence-electron chi connectivity index (χ2n) is 2.76. The van der Waals surface area contributed by atoms with E-state index in [9.17, 15) is 13.2 Å². The molecule has 1 rings (SSSR count). The van der Waals surface area contributed by atoms with Gasteiger partial charge >= 0.3 is 6.36 Å². The minimum atomic E-state index is -4.80. The van der Waals surface area contributed by atoms with Crippen molar-refractivity contribution < 1.29 is 18.0 Å². The molecule has 0 amide bonds. The predicted molar refractivity (Wildman–Crippen MR) is 60.0 cm³/mol. The van der Waals surface area contributed by atoms with Gasteiger partial charge in [0.15, 0.2) is 0 Å². The molecule has 0 aromatic heterocycles. The molecular formula is C9H8F3N3OS. The number of hydrazone groups is 1. The van der Waals surface area contributed by atoms with Crippen molar-refractivity contribution in [2.24, 2.45) is 5.10 Å². The molecule has 0 radical (unpaired) electrons. The number of halogens is 3. The smallest absolute Gasteiger partial charge is 0.252 e. The second-order valence-corrected chi connectivity index (χ2v) is 3.17. The Kier molecular flexibility index (Phi) is 4.85. The molecule has 0 fully saturated rings. The highest BCUT2D eigenvalue weighted by Crippen LogP contribution is 2.13. The van der Waals surface area contributed by atoms with E-state index < -0.39 is 11.5 Å². The van der Waals surface area contributed by atoms with E-state index in [1.165, 1.54) is 11.7 Å². The van der Waals surface area contributed by atoms with Crippen LogP contribution in [0.25, 0.3) is 0 Å². The van der Waals surface area contributed by atoms with Gasteiger partial charge in [-0.2, -0.15) is 9.94 Å². The number of rotatable bonds is 3. The summed E-state index contributed by atoms with van der Waals surface area (Å²) in [4.78, 5) is 3.27. The lowest BCUT2D eigenvalue weighted by Crippen LogP contribution is -2.36. The standard InChI is InChI=1S/C9H8F3N3OS/c10-9(11,12)16-15-8(17)14-13-6-7-4-2-1-3-5-7/h1-6H,(H2,14,15,17). The third-order valence-electron chi connectivity index (χ3n) is 1.44. The van der Waals surface area contributed by atoms with Crippen LogP contribution in [0.4, 0.5) is 13.2 Å². The topological polar surface area (TPSA) is 45.6 Å². The highest BCUT2D eigenvalue weighted by molar-refractivity contribution is 7.80. The van der Waals surface area contributed by atoms with Gasteiger partial charge in [-0.05, 0) is 17.8 Å². The van der Waals surface area contributed by atoms with Crippen LogP contribution in [-0.2, 0) is 4.84 Å². The van der Waals surface area contributed by atoms with E-state index in [0.29, 0.717) is 0 Å². The van der Waals surface area contributed by atoms with E-state index in [1.54, 1.807) is 24.3 Å². The van der Waals surface area contributed by atoms with Crippen LogP contribution in [0.15, 0.2) is 35.4 Å². The van der Waals surface area contributed by atoms with Crippen LogP contribution in [0, 0.1) is 0 Å². The summed E-state index contributed by atoms with van der Waals surface area (Å²) in [7, 11) is 0. The molecular weight excluding hydrogens is 255 g/mol. The third kappa shape index (κ3) is 6.48. The Balaban J connectivity index is 2.31. The Bertz CT molecular complexity index is 394. The Morgan fingerprint density at radius 1 is 1.29 bits per heavy atom. The number of alkyl halides is 3. The zero-order chi connectivity index (χ0) is 12.7. The molecule has 17 heavy (non-hydrogen) atoms. The summed E-state index contributed by atoms with van der Waals surface area (Å²) in [5.41, 5.74) is 4.44. The number of hydrogen-bond acceptors (Lipinski definition) is 3. The third-order valence-corrected chi connectivity index (χ3v) is 1.61. The van der Waals surface area contributed by atoms with Crippen molar-refractivity contribution in [3.05, 3.63) is 35.9 Å². The van der Waals surface area contributed by atoms with Crippen LogP contribution in [-0.4, -0.2) is 17.7 Å². The number of benzene rings is 1. The molecule has 92 valence electrons. The largest absolute Gasteiger partial charge is 0.543 e. The Morgan fingerprint density at radius 3 is 2.53 bits per heavy atom. The fourth-order valence-corrected chi connectivity index (χ4v) is 0.926. The number of hydroxylamine groups is 1. The normalized spacial score (nSPS) is 11.5. The lowest BCUT2D eigenvalue weighted by molar-refractivity contribution is -0.341. The highest BCUT2D eigenvalue weighted by Gasteiger charge is 2.30. The number of hydrogen-bond donors (Lipinski definition) is 2. The van der Waals surface area contributed by atoms with Crippen molar-refractivity contribution in [2.75, 3.05) is 0 Å². The van der Waals surface area contributed by atoms with Crippen LogP contribution in [0.1, 0.15) is 5.56 Å². The minimum Gasteiger partial charge on any atom is -0.252 e. The Morgan fingerprint density at radius 2 is 1.94 bits per heavy atom. The van der Waals surface area contributed by atoms with Crippen molar-refractivity contribution >= 4 is 23.5 Å². The molecule has 0 saturated heterocycles. The van der Waals surface area contributed by atoms with Gasteiger partial charge in [0, 0.05) is 0 Å². The second kappa shape index (κ2) is 6.16. The summed E-state index contributed by atoms with van der Waals surface area (Å²) in [6.07, 6.45) is -3.39. The molecule has 4 nitrogen and oxygen atoms in total. The monoisotopic (exact) mass is 263 g/mol. The average molecular weight is 263 g/mol. The predicted octanol–water partition coefficient (Wildman–Crippen LogP) is 1.94. The quantitative estimate of drug-likeness (QED) is 0.497. The minimum absolute atomic E-state index is 0.394. The number of thiocarbonyl (C=S) groups is 1. The molecule has 0 unspecified atom stereocenters. The van der Waals surface area contributed by atoms with E-state index >= 15 is 0 Å². The number of nitrogens with zero attached hydrogens (tertiary/aromatic N) is 1. The summed E-state index contributed by atoms with van der Waals surface area (Å²) in [5.74, 6) is 0. The first kappa shape index (κ1) is 13.4. The average Bonchev–Trinajstić information content (AvgIpc) is 2.27. The van der Waals surface area contributed by atoms with Gasteiger partial charge in [-0.3, -0.25) is 5.43 Å². The van der Waals surface area contributed by atoms with Gasteiger partial charge in [0.25, 0.3) is 0 Å². The van der Waals surface area contributed by atoms with E-state index in [-0.39, 0.29) is 0 Å². The SMILES string of the molecule is FC(F)(F)ONC(=S)NN=Cc1ccccc1. The van der Waals surface area contributed by atoms with Gasteiger partial charge < -0.3 is 0 Å². The van der Waals surface area contributed by atoms with E-state index in [2.05, 4.69) is 27.6 Å². The molecule has 0 bridgehead atoms. The fraction of sp³-hybridized carbons (Fsp3) is 0.111. The first-order valence-electron chi connectivity index (χ1n) is 4.36. The molecule has 1 aromatic carbocycles. The summed E-state index contributed by atoms with van der Waals surface area (Å²) in [6.45, 7) is 0. The van der Waals surface area contributed by atoms with E-state index in [1.807, 2.05) is 6.07 Å². The van der Waals surface area contributed by atoms with Crippen molar-refractivity contribution in [3.8, 4) is 0 Å². The Hall–Kier alpha value is -1.67. The Labute approximate surface area is 100 Å². The zero-order valence-corrected chi connectivity index (χ0v) is 9.18. The molecule has 8 heteroatoms. The molecule has 2 N–H and O–H groups in total. The summed E-state index contributed by atoms with van der Waals surface area (Å²) in [6, 6.07) is 8.96. The van der Waals surface area contributed by atoms with Crippen molar-refractivity contribution in [1.82, 2.24) is 10.9 Å². The summed E-state index contributed by atoms with van der Waals surface area (Å²) < 4.78 is 34.8. The van der Waals surface area contributed by atoms with Crippen LogP contribution < -0.4 is 10.9 Å². The van der Waals surface area contributed by atoms with E-state index in [0.717, 1.165) is 5.56 Å². The maximum atomic E-state index is 11.6. The fourth-order valence-electron chi connectivity index (χ4n) is 0.832. The van der Waals surface area contributed by atoms with E-state index in [4.69, 9.17) is 0 Å². The first-order valence-corrected chi connectivity index (χ1v) is 4.77. The highest BCUT2D eigenvalue weighted by atomic mass is 32.1.